The van der Waals surface area contributed by atoms with Crippen LogP contribution in [-0.4, -0.2) is 29.9 Å². The molecule has 1 heterocycles. The molecule has 0 aliphatic carbocycles. The Bertz CT molecular complexity index is 425. The van der Waals surface area contributed by atoms with Gasteiger partial charge in [-0.05, 0) is 25.0 Å². The molecule has 1 aliphatic rings. The molecule has 3 N–H and O–H groups in total. The molecule has 1 aliphatic heterocycles. The van der Waals surface area contributed by atoms with Crippen molar-refractivity contribution in [3.05, 3.63) is 30.3 Å². The topological polar surface area (TPSA) is 79.4 Å². The number of ether oxygens (including phenoxy) is 1. The SMILES string of the molecule is N=C(N)N1CCC(C(=O)Oc2ccccc2)CC1. The van der Waals surface area contributed by atoms with Crippen LogP contribution in [0, 0.1) is 11.3 Å². The number of carbonyl (C=O) groups excluding carboxylic acids is 1. The quantitative estimate of drug-likeness (QED) is 0.356. The normalized spacial score (nSPS) is 16.3. The number of benzene rings is 1. The van der Waals surface area contributed by atoms with Crippen molar-refractivity contribution in [3.8, 4) is 5.75 Å². The number of hydrogen-bond acceptors (Lipinski definition) is 3. The molecule has 1 saturated heterocycles. The number of esters is 1. The first kappa shape index (κ1) is 12.4. The molecule has 18 heavy (non-hydrogen) atoms. The highest BCUT2D eigenvalue weighted by atomic mass is 16.5. The van der Waals surface area contributed by atoms with Crippen molar-refractivity contribution in [3.63, 3.8) is 0 Å². The predicted octanol–water partition coefficient (Wildman–Crippen LogP) is 1.20. The van der Waals surface area contributed by atoms with Crippen molar-refractivity contribution in [1.82, 2.24) is 4.90 Å². The molecule has 0 aromatic heterocycles. The van der Waals surface area contributed by atoms with Crippen LogP contribution in [0.3, 0.4) is 0 Å². The molecule has 1 aromatic carbocycles. The zero-order valence-corrected chi connectivity index (χ0v) is 10.1. The van der Waals surface area contributed by atoms with Crippen LogP contribution in [-0.2, 0) is 4.79 Å². The maximum atomic E-state index is 11.9. The van der Waals surface area contributed by atoms with E-state index in [2.05, 4.69) is 0 Å². The van der Waals surface area contributed by atoms with Gasteiger partial charge < -0.3 is 15.4 Å². The van der Waals surface area contributed by atoms with Gasteiger partial charge in [0.25, 0.3) is 0 Å². The second kappa shape index (κ2) is 5.53. The van der Waals surface area contributed by atoms with E-state index in [1.54, 1.807) is 17.0 Å². The van der Waals surface area contributed by atoms with Gasteiger partial charge in [-0.15, -0.1) is 0 Å². The Kier molecular flexibility index (Phi) is 3.82. The van der Waals surface area contributed by atoms with Crippen LogP contribution in [0.25, 0.3) is 0 Å². The first-order valence-corrected chi connectivity index (χ1v) is 6.02. The van der Waals surface area contributed by atoms with Gasteiger partial charge in [0.15, 0.2) is 5.96 Å². The first-order chi connectivity index (χ1) is 8.66. The number of nitrogens with two attached hydrogens (primary N) is 1. The fourth-order valence-electron chi connectivity index (χ4n) is 2.04. The van der Waals surface area contributed by atoms with E-state index in [-0.39, 0.29) is 17.8 Å². The minimum Gasteiger partial charge on any atom is -0.426 e. The van der Waals surface area contributed by atoms with E-state index in [1.165, 1.54) is 0 Å². The second-order valence-electron chi connectivity index (χ2n) is 4.38. The maximum Gasteiger partial charge on any atom is 0.314 e. The third-order valence-corrected chi connectivity index (χ3v) is 3.13. The Morgan fingerprint density at radius 1 is 1.28 bits per heavy atom. The van der Waals surface area contributed by atoms with Gasteiger partial charge in [-0.25, -0.2) is 0 Å². The van der Waals surface area contributed by atoms with Gasteiger partial charge in [-0.3, -0.25) is 10.2 Å². The lowest BCUT2D eigenvalue weighted by Gasteiger charge is -2.30. The fourth-order valence-corrected chi connectivity index (χ4v) is 2.04. The van der Waals surface area contributed by atoms with Crippen molar-refractivity contribution < 1.29 is 9.53 Å². The Labute approximate surface area is 106 Å². The molecule has 0 amide bonds. The van der Waals surface area contributed by atoms with E-state index in [9.17, 15) is 4.79 Å². The summed E-state index contributed by atoms with van der Waals surface area (Å²) in [6.45, 7) is 1.29. The average molecular weight is 247 g/mol. The minimum absolute atomic E-state index is 0.0740. The Hall–Kier alpha value is -2.04. The van der Waals surface area contributed by atoms with E-state index >= 15 is 0 Å². The van der Waals surface area contributed by atoms with Crippen LogP contribution in [0.5, 0.6) is 5.75 Å². The summed E-state index contributed by atoms with van der Waals surface area (Å²) in [5, 5.41) is 7.33. The Morgan fingerprint density at radius 2 is 1.89 bits per heavy atom. The van der Waals surface area contributed by atoms with Gasteiger partial charge in [-0.2, -0.15) is 0 Å². The van der Waals surface area contributed by atoms with Gasteiger partial charge in [0, 0.05) is 13.1 Å². The van der Waals surface area contributed by atoms with E-state index in [0.29, 0.717) is 31.7 Å². The minimum atomic E-state index is -0.190. The molecule has 0 bridgehead atoms. The second-order valence-corrected chi connectivity index (χ2v) is 4.38. The summed E-state index contributed by atoms with van der Waals surface area (Å²) in [4.78, 5) is 13.7. The van der Waals surface area contributed by atoms with Crippen molar-refractivity contribution in [1.29, 1.82) is 5.41 Å². The number of piperidine rings is 1. The van der Waals surface area contributed by atoms with Crippen LogP contribution < -0.4 is 10.5 Å². The summed E-state index contributed by atoms with van der Waals surface area (Å²) in [6.07, 6.45) is 1.37. The zero-order valence-electron chi connectivity index (χ0n) is 10.1. The smallest absolute Gasteiger partial charge is 0.314 e. The Balaban J connectivity index is 1.86. The third kappa shape index (κ3) is 3.00. The highest BCUT2D eigenvalue weighted by Gasteiger charge is 2.26. The molecule has 0 radical (unpaired) electrons. The molecule has 0 saturated carbocycles. The molecule has 2 rings (SSSR count). The number of nitrogens with one attached hydrogen (secondary N) is 1. The van der Waals surface area contributed by atoms with Crippen LogP contribution in [0.1, 0.15) is 12.8 Å². The molecule has 1 aromatic rings. The van der Waals surface area contributed by atoms with Crippen LogP contribution in [0.15, 0.2) is 30.3 Å². The Morgan fingerprint density at radius 3 is 2.44 bits per heavy atom. The summed E-state index contributed by atoms with van der Waals surface area (Å²) < 4.78 is 5.31. The molecule has 0 unspecified atom stereocenters. The predicted molar refractivity (Wildman–Crippen MR) is 68.3 cm³/mol. The summed E-state index contributed by atoms with van der Waals surface area (Å²) in [5.74, 6) is 0.367. The van der Waals surface area contributed by atoms with Gasteiger partial charge in [0.1, 0.15) is 5.75 Å². The summed E-state index contributed by atoms with van der Waals surface area (Å²) in [6, 6.07) is 9.08. The number of likely N-dealkylation sites (tertiary alicyclic amines) is 1. The number of hydrogen-bond donors (Lipinski definition) is 2. The van der Waals surface area contributed by atoms with E-state index < -0.39 is 0 Å². The van der Waals surface area contributed by atoms with Gasteiger partial charge >= 0.3 is 5.97 Å². The zero-order chi connectivity index (χ0) is 13.0. The molecule has 5 heteroatoms. The van der Waals surface area contributed by atoms with Crippen LogP contribution in [0.2, 0.25) is 0 Å². The maximum absolute atomic E-state index is 11.9. The molecular weight excluding hydrogens is 230 g/mol. The molecule has 0 spiro atoms. The summed E-state index contributed by atoms with van der Waals surface area (Å²) in [5.41, 5.74) is 5.41. The molecule has 5 nitrogen and oxygen atoms in total. The van der Waals surface area contributed by atoms with Crippen molar-refractivity contribution >= 4 is 11.9 Å². The summed E-state index contributed by atoms with van der Waals surface area (Å²) in [7, 11) is 0. The molecule has 0 atom stereocenters. The number of nitrogens with zero attached hydrogens (tertiary/aromatic N) is 1. The first-order valence-electron chi connectivity index (χ1n) is 6.02. The molecule has 1 fully saturated rings. The lowest BCUT2D eigenvalue weighted by Crippen LogP contribution is -2.44. The third-order valence-electron chi connectivity index (χ3n) is 3.13. The van der Waals surface area contributed by atoms with E-state index in [4.69, 9.17) is 15.9 Å². The van der Waals surface area contributed by atoms with Gasteiger partial charge in [-0.1, -0.05) is 18.2 Å². The highest BCUT2D eigenvalue weighted by molar-refractivity contribution is 5.77. The number of carbonyl (C=O) groups is 1. The van der Waals surface area contributed by atoms with E-state index in [0.717, 1.165) is 0 Å². The number of rotatable bonds is 2. The van der Waals surface area contributed by atoms with E-state index in [1.807, 2.05) is 18.2 Å². The van der Waals surface area contributed by atoms with Crippen LogP contribution >= 0.6 is 0 Å². The standard InChI is InChI=1S/C13H17N3O2/c14-13(15)16-8-6-10(7-9-16)12(17)18-11-4-2-1-3-5-11/h1-5,10H,6-9H2,(H3,14,15). The number of guanidine groups is 1. The average Bonchev–Trinajstić information content (AvgIpc) is 2.40. The van der Waals surface area contributed by atoms with Gasteiger partial charge in [0.05, 0.1) is 5.92 Å². The monoisotopic (exact) mass is 247 g/mol. The van der Waals surface area contributed by atoms with Crippen molar-refractivity contribution in [2.24, 2.45) is 11.7 Å². The fraction of sp³-hybridized carbons (Fsp3) is 0.385. The largest absolute Gasteiger partial charge is 0.426 e. The lowest BCUT2D eigenvalue weighted by atomic mass is 9.97. The lowest BCUT2D eigenvalue weighted by molar-refractivity contribution is -0.140. The number of para-hydroxylation sites is 1. The summed E-state index contributed by atoms with van der Waals surface area (Å²) >= 11 is 0. The highest BCUT2D eigenvalue weighted by Crippen LogP contribution is 2.20. The van der Waals surface area contributed by atoms with Crippen LogP contribution in [0.4, 0.5) is 0 Å². The van der Waals surface area contributed by atoms with Crippen molar-refractivity contribution in [2.45, 2.75) is 12.8 Å². The molecular formula is C13H17N3O2. The van der Waals surface area contributed by atoms with Crippen molar-refractivity contribution in [2.75, 3.05) is 13.1 Å². The molecule has 96 valence electrons. The van der Waals surface area contributed by atoms with Gasteiger partial charge in [0.2, 0.25) is 0 Å².